The SMILES string of the molecule is CCCOc1ccnc(N2CCCCC2CC(=O)OC)n1. The van der Waals surface area contributed by atoms with Gasteiger partial charge in [0.1, 0.15) is 0 Å². The van der Waals surface area contributed by atoms with Gasteiger partial charge in [-0.25, -0.2) is 4.98 Å². The first-order chi connectivity index (χ1) is 10.2. The van der Waals surface area contributed by atoms with Crippen molar-refractivity contribution in [2.24, 2.45) is 0 Å². The van der Waals surface area contributed by atoms with Gasteiger partial charge in [-0.2, -0.15) is 4.98 Å². The van der Waals surface area contributed by atoms with E-state index in [0.717, 1.165) is 32.2 Å². The molecular formula is C15H23N3O3. The molecule has 0 bridgehead atoms. The third kappa shape index (κ3) is 4.31. The van der Waals surface area contributed by atoms with Gasteiger partial charge in [0.25, 0.3) is 0 Å². The van der Waals surface area contributed by atoms with Crippen molar-refractivity contribution in [2.75, 3.05) is 25.2 Å². The van der Waals surface area contributed by atoms with Crippen molar-refractivity contribution in [3.05, 3.63) is 12.3 Å². The molecule has 1 unspecified atom stereocenters. The Labute approximate surface area is 125 Å². The summed E-state index contributed by atoms with van der Waals surface area (Å²) < 4.78 is 10.3. The van der Waals surface area contributed by atoms with Gasteiger partial charge in [-0.1, -0.05) is 6.92 Å². The Morgan fingerprint density at radius 1 is 1.48 bits per heavy atom. The van der Waals surface area contributed by atoms with E-state index in [1.807, 2.05) is 0 Å². The van der Waals surface area contributed by atoms with Crippen LogP contribution in [-0.4, -0.2) is 42.2 Å². The van der Waals surface area contributed by atoms with Crippen molar-refractivity contribution >= 4 is 11.9 Å². The fourth-order valence-corrected chi connectivity index (χ4v) is 2.51. The standard InChI is InChI=1S/C15H23N3O3/c1-3-10-21-13-7-8-16-15(17-13)18-9-5-4-6-12(18)11-14(19)20-2/h7-8,12H,3-6,9-11H2,1-2H3. The first-order valence-electron chi connectivity index (χ1n) is 7.54. The molecule has 0 aromatic carbocycles. The molecular weight excluding hydrogens is 270 g/mol. The lowest BCUT2D eigenvalue weighted by Crippen LogP contribution is -2.42. The van der Waals surface area contributed by atoms with E-state index in [0.29, 0.717) is 24.9 Å². The Kier molecular flexibility index (Phi) is 5.78. The molecule has 6 nitrogen and oxygen atoms in total. The molecule has 1 aromatic heterocycles. The van der Waals surface area contributed by atoms with Crippen molar-refractivity contribution in [3.63, 3.8) is 0 Å². The molecule has 1 aliphatic heterocycles. The van der Waals surface area contributed by atoms with Crippen LogP contribution in [0.25, 0.3) is 0 Å². The minimum Gasteiger partial charge on any atom is -0.478 e. The fourth-order valence-electron chi connectivity index (χ4n) is 2.51. The number of carbonyl (C=O) groups excluding carboxylic acids is 1. The maximum Gasteiger partial charge on any atom is 0.307 e. The van der Waals surface area contributed by atoms with Crippen molar-refractivity contribution in [1.29, 1.82) is 0 Å². The van der Waals surface area contributed by atoms with Gasteiger partial charge in [-0.15, -0.1) is 0 Å². The number of nitrogens with zero attached hydrogens (tertiary/aromatic N) is 3. The summed E-state index contributed by atoms with van der Waals surface area (Å²) in [4.78, 5) is 22.4. The predicted octanol–water partition coefficient (Wildman–Crippen LogP) is 2.19. The summed E-state index contributed by atoms with van der Waals surface area (Å²) in [5.41, 5.74) is 0. The Morgan fingerprint density at radius 2 is 2.33 bits per heavy atom. The topological polar surface area (TPSA) is 64.5 Å². The van der Waals surface area contributed by atoms with E-state index < -0.39 is 0 Å². The van der Waals surface area contributed by atoms with E-state index in [1.54, 1.807) is 12.3 Å². The molecule has 1 fully saturated rings. The smallest absolute Gasteiger partial charge is 0.307 e. The highest BCUT2D eigenvalue weighted by atomic mass is 16.5. The first kappa shape index (κ1) is 15.5. The molecule has 1 atom stereocenters. The highest BCUT2D eigenvalue weighted by Gasteiger charge is 2.27. The van der Waals surface area contributed by atoms with E-state index in [-0.39, 0.29) is 12.0 Å². The summed E-state index contributed by atoms with van der Waals surface area (Å²) in [6.45, 7) is 3.56. The van der Waals surface area contributed by atoms with Crippen LogP contribution in [0.1, 0.15) is 39.0 Å². The van der Waals surface area contributed by atoms with Gasteiger partial charge in [0.15, 0.2) is 0 Å². The van der Waals surface area contributed by atoms with Gasteiger partial charge in [0.2, 0.25) is 11.8 Å². The van der Waals surface area contributed by atoms with Crippen LogP contribution in [0.15, 0.2) is 12.3 Å². The molecule has 21 heavy (non-hydrogen) atoms. The first-order valence-corrected chi connectivity index (χ1v) is 7.54. The zero-order valence-electron chi connectivity index (χ0n) is 12.7. The Hall–Kier alpha value is -1.85. The number of methoxy groups -OCH3 is 1. The molecule has 2 rings (SSSR count). The Bertz CT molecular complexity index is 467. The molecule has 116 valence electrons. The lowest BCUT2D eigenvalue weighted by atomic mass is 10.00. The van der Waals surface area contributed by atoms with Crippen molar-refractivity contribution in [3.8, 4) is 5.88 Å². The summed E-state index contributed by atoms with van der Waals surface area (Å²) >= 11 is 0. The lowest BCUT2D eigenvalue weighted by molar-refractivity contribution is -0.141. The van der Waals surface area contributed by atoms with E-state index >= 15 is 0 Å². The van der Waals surface area contributed by atoms with E-state index in [4.69, 9.17) is 9.47 Å². The van der Waals surface area contributed by atoms with Crippen molar-refractivity contribution in [2.45, 2.75) is 45.1 Å². The molecule has 1 saturated heterocycles. The molecule has 0 spiro atoms. The van der Waals surface area contributed by atoms with Gasteiger partial charge < -0.3 is 14.4 Å². The summed E-state index contributed by atoms with van der Waals surface area (Å²) in [5.74, 6) is 1.03. The van der Waals surface area contributed by atoms with Gasteiger partial charge in [-0.05, 0) is 25.7 Å². The highest BCUT2D eigenvalue weighted by molar-refractivity contribution is 5.70. The quantitative estimate of drug-likeness (QED) is 0.749. The number of ether oxygens (including phenoxy) is 2. The largest absolute Gasteiger partial charge is 0.478 e. The molecule has 0 N–H and O–H groups in total. The number of carbonyl (C=O) groups is 1. The third-order valence-electron chi connectivity index (χ3n) is 3.59. The van der Waals surface area contributed by atoms with Gasteiger partial charge in [0, 0.05) is 24.8 Å². The average Bonchev–Trinajstić information content (AvgIpc) is 2.53. The lowest BCUT2D eigenvalue weighted by Gasteiger charge is -2.35. The second kappa shape index (κ2) is 7.81. The molecule has 1 aromatic rings. The predicted molar refractivity (Wildman–Crippen MR) is 79.4 cm³/mol. The monoisotopic (exact) mass is 293 g/mol. The van der Waals surface area contributed by atoms with Crippen LogP contribution in [-0.2, 0) is 9.53 Å². The van der Waals surface area contributed by atoms with E-state index in [1.165, 1.54) is 7.11 Å². The van der Waals surface area contributed by atoms with Gasteiger partial charge >= 0.3 is 5.97 Å². The maximum absolute atomic E-state index is 11.6. The average molecular weight is 293 g/mol. The van der Waals surface area contributed by atoms with Crippen LogP contribution in [0, 0.1) is 0 Å². The van der Waals surface area contributed by atoms with E-state index in [2.05, 4.69) is 21.8 Å². The van der Waals surface area contributed by atoms with Crippen LogP contribution < -0.4 is 9.64 Å². The number of esters is 1. The molecule has 0 saturated carbocycles. The van der Waals surface area contributed by atoms with Crippen LogP contribution in [0.5, 0.6) is 5.88 Å². The van der Waals surface area contributed by atoms with Gasteiger partial charge in [0.05, 0.1) is 20.1 Å². The maximum atomic E-state index is 11.6. The number of hydrogen-bond donors (Lipinski definition) is 0. The van der Waals surface area contributed by atoms with E-state index in [9.17, 15) is 4.79 Å². The highest BCUT2D eigenvalue weighted by Crippen LogP contribution is 2.25. The summed E-state index contributed by atoms with van der Waals surface area (Å²) in [6, 6.07) is 1.87. The number of anilines is 1. The second-order valence-electron chi connectivity index (χ2n) is 5.17. The molecule has 6 heteroatoms. The van der Waals surface area contributed by atoms with Crippen LogP contribution in [0.2, 0.25) is 0 Å². The fraction of sp³-hybridized carbons (Fsp3) is 0.667. The van der Waals surface area contributed by atoms with Crippen LogP contribution in [0.4, 0.5) is 5.95 Å². The molecule has 1 aliphatic rings. The van der Waals surface area contributed by atoms with Crippen LogP contribution >= 0.6 is 0 Å². The third-order valence-corrected chi connectivity index (χ3v) is 3.59. The summed E-state index contributed by atoms with van der Waals surface area (Å²) in [7, 11) is 1.42. The molecule has 2 heterocycles. The number of aromatic nitrogens is 2. The van der Waals surface area contributed by atoms with Crippen LogP contribution in [0.3, 0.4) is 0 Å². The zero-order valence-corrected chi connectivity index (χ0v) is 12.7. The minimum atomic E-state index is -0.190. The van der Waals surface area contributed by atoms with Gasteiger partial charge in [-0.3, -0.25) is 4.79 Å². The summed E-state index contributed by atoms with van der Waals surface area (Å²) in [6.07, 6.45) is 6.18. The second-order valence-corrected chi connectivity index (χ2v) is 5.17. The summed E-state index contributed by atoms with van der Waals surface area (Å²) in [5, 5.41) is 0. The number of rotatable bonds is 6. The molecule has 0 radical (unpaired) electrons. The number of hydrogen-bond acceptors (Lipinski definition) is 6. The molecule has 0 amide bonds. The van der Waals surface area contributed by atoms with Crippen molar-refractivity contribution < 1.29 is 14.3 Å². The zero-order chi connectivity index (χ0) is 15.1. The van der Waals surface area contributed by atoms with Crippen molar-refractivity contribution in [1.82, 2.24) is 9.97 Å². The Morgan fingerprint density at radius 3 is 3.10 bits per heavy atom. The Balaban J connectivity index is 2.10. The minimum absolute atomic E-state index is 0.104. The molecule has 0 aliphatic carbocycles. The number of piperidine rings is 1. The normalized spacial score (nSPS) is 18.4.